The zero-order valence-corrected chi connectivity index (χ0v) is 17.3. The highest BCUT2D eigenvalue weighted by Gasteiger charge is 2.47. The van der Waals surface area contributed by atoms with Gasteiger partial charge in [0.25, 0.3) is 0 Å². The lowest BCUT2D eigenvalue weighted by Gasteiger charge is -2.57. The Morgan fingerprint density at radius 2 is 2.11 bits per heavy atom. The minimum atomic E-state index is 0.268. The van der Waals surface area contributed by atoms with E-state index in [2.05, 4.69) is 33.9 Å². The van der Waals surface area contributed by atoms with Crippen molar-refractivity contribution < 1.29 is 4.79 Å². The van der Waals surface area contributed by atoms with Crippen LogP contribution >= 0.6 is 11.6 Å². The van der Waals surface area contributed by atoms with Crippen LogP contribution in [-0.2, 0) is 11.3 Å². The SMILES string of the molecule is CN(C)C[C@H]1[C@H]2C[C@H](CN(C(=O)CCn3cc(Cl)cn3)C2)[C@@H]2CCCCN21. The quantitative estimate of drug-likeness (QED) is 0.769. The van der Waals surface area contributed by atoms with Crippen LogP contribution in [-0.4, -0.2) is 82.7 Å². The topological polar surface area (TPSA) is 44.6 Å². The number of halogens is 1. The van der Waals surface area contributed by atoms with Gasteiger partial charge in [0, 0.05) is 50.9 Å². The number of rotatable bonds is 5. The van der Waals surface area contributed by atoms with E-state index in [0.29, 0.717) is 41.9 Å². The van der Waals surface area contributed by atoms with Crippen molar-refractivity contribution in [3.05, 3.63) is 17.4 Å². The summed E-state index contributed by atoms with van der Waals surface area (Å²) in [6.45, 7) is 4.79. The standard InChI is InChI=1S/C20H32ClN5O/c1-23(2)14-19-16-9-15(18-5-3-4-7-26(18)19)11-24(12-16)20(27)6-8-25-13-17(21)10-22-25/h10,13,15-16,18-19H,3-9,11-12,14H2,1-2H3/t15-,16+,18+,19+/m1/s1. The molecule has 3 aliphatic heterocycles. The van der Waals surface area contributed by atoms with Crippen LogP contribution in [0.4, 0.5) is 0 Å². The van der Waals surface area contributed by atoms with E-state index in [9.17, 15) is 4.79 Å². The van der Waals surface area contributed by atoms with Gasteiger partial charge in [-0.05, 0) is 51.7 Å². The number of fused-ring (bicyclic) bond motifs is 4. The summed E-state index contributed by atoms with van der Waals surface area (Å²) in [5.74, 6) is 1.51. The fourth-order valence-electron chi connectivity index (χ4n) is 5.57. The van der Waals surface area contributed by atoms with Crippen LogP contribution in [0, 0.1) is 11.8 Å². The van der Waals surface area contributed by atoms with Crippen LogP contribution in [0.5, 0.6) is 0 Å². The molecule has 0 aliphatic carbocycles. The second kappa shape index (κ2) is 8.10. The predicted octanol–water partition coefficient (Wildman–Crippen LogP) is 2.19. The van der Waals surface area contributed by atoms with Crippen molar-refractivity contribution in [3.8, 4) is 0 Å². The van der Waals surface area contributed by atoms with E-state index < -0.39 is 0 Å². The third-order valence-electron chi connectivity index (χ3n) is 6.68. The second-order valence-corrected chi connectivity index (χ2v) is 9.29. The smallest absolute Gasteiger partial charge is 0.224 e. The molecule has 4 atom stereocenters. The zero-order chi connectivity index (χ0) is 19.0. The number of amides is 1. The van der Waals surface area contributed by atoms with Gasteiger partial charge in [-0.25, -0.2) is 0 Å². The number of likely N-dealkylation sites (tertiary alicyclic amines) is 1. The molecule has 0 spiro atoms. The maximum Gasteiger partial charge on any atom is 0.224 e. The molecule has 1 amide bonds. The van der Waals surface area contributed by atoms with E-state index in [-0.39, 0.29) is 5.91 Å². The summed E-state index contributed by atoms with van der Waals surface area (Å²) in [6, 6.07) is 1.25. The number of hydrogen-bond acceptors (Lipinski definition) is 4. The Morgan fingerprint density at radius 1 is 1.30 bits per heavy atom. The normalized spacial score (nSPS) is 31.2. The molecule has 0 saturated carbocycles. The van der Waals surface area contributed by atoms with Gasteiger partial charge in [0.2, 0.25) is 5.91 Å². The molecule has 2 bridgehead atoms. The lowest BCUT2D eigenvalue weighted by Crippen LogP contribution is -2.65. The van der Waals surface area contributed by atoms with Crippen LogP contribution in [0.15, 0.2) is 12.4 Å². The van der Waals surface area contributed by atoms with Crippen molar-refractivity contribution >= 4 is 17.5 Å². The number of aromatic nitrogens is 2. The van der Waals surface area contributed by atoms with Gasteiger partial charge in [-0.15, -0.1) is 0 Å². The van der Waals surface area contributed by atoms with Crippen LogP contribution < -0.4 is 0 Å². The minimum absolute atomic E-state index is 0.268. The highest BCUT2D eigenvalue weighted by atomic mass is 35.5. The van der Waals surface area contributed by atoms with Gasteiger partial charge in [-0.2, -0.15) is 5.10 Å². The summed E-state index contributed by atoms with van der Waals surface area (Å²) < 4.78 is 1.77. The largest absolute Gasteiger partial charge is 0.342 e. The minimum Gasteiger partial charge on any atom is -0.342 e. The van der Waals surface area contributed by atoms with Crippen LogP contribution in [0.2, 0.25) is 5.02 Å². The number of carbonyl (C=O) groups is 1. The lowest BCUT2D eigenvalue weighted by atomic mass is 9.72. The van der Waals surface area contributed by atoms with Crippen LogP contribution in [0.1, 0.15) is 32.1 Å². The molecule has 4 rings (SSSR count). The summed E-state index contributed by atoms with van der Waals surface area (Å²) >= 11 is 5.92. The molecule has 150 valence electrons. The fourth-order valence-corrected chi connectivity index (χ4v) is 5.72. The molecule has 3 saturated heterocycles. The highest BCUT2D eigenvalue weighted by Crippen LogP contribution is 2.41. The summed E-state index contributed by atoms with van der Waals surface area (Å²) in [6.07, 6.45) is 9.17. The summed E-state index contributed by atoms with van der Waals surface area (Å²) in [5.41, 5.74) is 0. The first-order chi connectivity index (χ1) is 13.0. The average Bonchev–Trinajstić information content (AvgIpc) is 3.08. The number of carbonyl (C=O) groups excluding carboxylic acids is 1. The van der Waals surface area contributed by atoms with Gasteiger partial charge in [0.05, 0.1) is 11.2 Å². The molecule has 0 unspecified atom stereocenters. The number of likely N-dealkylation sites (N-methyl/N-ethyl adjacent to an activating group) is 1. The number of piperidine rings is 3. The number of nitrogens with zero attached hydrogens (tertiary/aromatic N) is 5. The van der Waals surface area contributed by atoms with E-state index in [0.717, 1.165) is 19.6 Å². The molecule has 0 radical (unpaired) electrons. The monoisotopic (exact) mass is 393 g/mol. The molecule has 6 nitrogen and oxygen atoms in total. The van der Waals surface area contributed by atoms with Crippen molar-refractivity contribution in [2.24, 2.45) is 11.8 Å². The summed E-state index contributed by atoms with van der Waals surface area (Å²) in [7, 11) is 4.35. The van der Waals surface area contributed by atoms with Gasteiger partial charge in [0.15, 0.2) is 0 Å². The molecule has 27 heavy (non-hydrogen) atoms. The molecule has 1 aromatic rings. The Balaban J connectivity index is 1.43. The van der Waals surface area contributed by atoms with Crippen LogP contribution in [0.25, 0.3) is 0 Å². The number of aryl methyl sites for hydroxylation is 1. The van der Waals surface area contributed by atoms with Gasteiger partial charge in [0.1, 0.15) is 0 Å². The predicted molar refractivity (Wildman–Crippen MR) is 107 cm³/mol. The highest BCUT2D eigenvalue weighted by molar-refractivity contribution is 6.30. The van der Waals surface area contributed by atoms with E-state index >= 15 is 0 Å². The third-order valence-corrected chi connectivity index (χ3v) is 6.88. The molecule has 1 aromatic heterocycles. The molecular formula is C20H32ClN5O. The second-order valence-electron chi connectivity index (χ2n) is 8.86. The maximum absolute atomic E-state index is 12.9. The molecule has 3 fully saturated rings. The lowest BCUT2D eigenvalue weighted by molar-refractivity contribution is -0.141. The van der Waals surface area contributed by atoms with Crippen molar-refractivity contribution in [1.29, 1.82) is 0 Å². The molecule has 4 heterocycles. The van der Waals surface area contributed by atoms with Gasteiger partial charge in [-0.1, -0.05) is 18.0 Å². The Morgan fingerprint density at radius 3 is 2.85 bits per heavy atom. The first-order valence-corrected chi connectivity index (χ1v) is 10.8. The van der Waals surface area contributed by atoms with E-state index in [1.807, 2.05) is 0 Å². The summed E-state index contributed by atoms with van der Waals surface area (Å²) in [5, 5.41) is 4.81. The van der Waals surface area contributed by atoms with Crippen LogP contribution in [0.3, 0.4) is 0 Å². The average molecular weight is 394 g/mol. The fraction of sp³-hybridized carbons (Fsp3) is 0.800. The van der Waals surface area contributed by atoms with Gasteiger partial charge < -0.3 is 9.80 Å². The van der Waals surface area contributed by atoms with Crippen molar-refractivity contribution in [1.82, 2.24) is 24.5 Å². The number of hydrogen-bond donors (Lipinski definition) is 0. The molecule has 7 heteroatoms. The Hall–Kier alpha value is -1.11. The Kier molecular flexibility index (Phi) is 5.76. The molecular weight excluding hydrogens is 362 g/mol. The van der Waals surface area contributed by atoms with Gasteiger partial charge in [-0.3, -0.25) is 14.4 Å². The van der Waals surface area contributed by atoms with Crippen molar-refractivity contribution in [2.75, 3.05) is 40.3 Å². The van der Waals surface area contributed by atoms with E-state index in [1.54, 1.807) is 17.1 Å². The van der Waals surface area contributed by atoms with E-state index in [1.165, 1.54) is 32.2 Å². The van der Waals surface area contributed by atoms with Crippen molar-refractivity contribution in [2.45, 2.75) is 50.7 Å². The van der Waals surface area contributed by atoms with E-state index in [4.69, 9.17) is 11.6 Å². The van der Waals surface area contributed by atoms with Crippen molar-refractivity contribution in [3.63, 3.8) is 0 Å². The first kappa shape index (κ1) is 19.2. The Labute approximate surface area is 167 Å². The zero-order valence-electron chi connectivity index (χ0n) is 16.6. The Bertz CT molecular complexity index is 663. The first-order valence-electron chi connectivity index (χ1n) is 10.4. The third kappa shape index (κ3) is 4.17. The molecule has 0 aromatic carbocycles. The molecule has 3 aliphatic rings. The maximum atomic E-state index is 12.9. The summed E-state index contributed by atoms with van der Waals surface area (Å²) in [4.78, 5) is 20.2. The molecule has 0 N–H and O–H groups in total. The van der Waals surface area contributed by atoms with Gasteiger partial charge >= 0.3 is 0 Å².